The van der Waals surface area contributed by atoms with Gasteiger partial charge in [0.1, 0.15) is 18.5 Å². The standard InChI is InChI=1S/C11H20N2O2/c1-8-4-6-10(7-5-8)11(13-15-3)9(2)12-14/h8,10,14H,4-7H2,1-3H3/b12-9+,13-11-. The lowest BCUT2D eigenvalue weighted by atomic mass is 9.79. The first-order valence-electron chi connectivity index (χ1n) is 5.49. The Morgan fingerprint density at radius 3 is 2.33 bits per heavy atom. The first-order valence-corrected chi connectivity index (χ1v) is 5.49. The van der Waals surface area contributed by atoms with Gasteiger partial charge in [0.25, 0.3) is 0 Å². The molecule has 0 spiro atoms. The van der Waals surface area contributed by atoms with Crippen LogP contribution in [0, 0.1) is 11.8 Å². The van der Waals surface area contributed by atoms with Gasteiger partial charge in [-0.15, -0.1) is 0 Å². The van der Waals surface area contributed by atoms with Crippen LogP contribution in [-0.4, -0.2) is 23.7 Å². The predicted molar refractivity (Wildman–Crippen MR) is 60.5 cm³/mol. The molecule has 1 rings (SSSR count). The average molecular weight is 212 g/mol. The fourth-order valence-electron chi connectivity index (χ4n) is 2.12. The van der Waals surface area contributed by atoms with E-state index in [1.165, 1.54) is 20.0 Å². The molecule has 0 aliphatic heterocycles. The fourth-order valence-corrected chi connectivity index (χ4v) is 2.12. The SMILES string of the molecule is CO/N=C(/C(C)=N/O)C1CCC(C)CC1. The van der Waals surface area contributed by atoms with Gasteiger partial charge in [0.05, 0.1) is 0 Å². The lowest BCUT2D eigenvalue weighted by Crippen LogP contribution is -2.26. The molecule has 0 saturated heterocycles. The summed E-state index contributed by atoms with van der Waals surface area (Å²) < 4.78 is 0. The van der Waals surface area contributed by atoms with Gasteiger partial charge in [-0.1, -0.05) is 30.1 Å². The van der Waals surface area contributed by atoms with Crippen molar-refractivity contribution in [3.05, 3.63) is 0 Å². The van der Waals surface area contributed by atoms with Crippen LogP contribution in [0.4, 0.5) is 0 Å². The van der Waals surface area contributed by atoms with Crippen LogP contribution in [0.2, 0.25) is 0 Å². The first-order chi connectivity index (χ1) is 7.19. The highest BCUT2D eigenvalue weighted by atomic mass is 16.6. The summed E-state index contributed by atoms with van der Waals surface area (Å²) in [6.45, 7) is 4.03. The van der Waals surface area contributed by atoms with Crippen LogP contribution >= 0.6 is 0 Å². The van der Waals surface area contributed by atoms with Crippen molar-refractivity contribution in [3.8, 4) is 0 Å². The number of nitrogens with zero attached hydrogens (tertiary/aromatic N) is 2. The second-order valence-electron chi connectivity index (χ2n) is 4.30. The highest BCUT2D eigenvalue weighted by Crippen LogP contribution is 2.29. The molecule has 0 aromatic carbocycles. The zero-order chi connectivity index (χ0) is 11.3. The van der Waals surface area contributed by atoms with Gasteiger partial charge < -0.3 is 10.0 Å². The minimum atomic E-state index is 0.386. The Balaban J connectivity index is 2.69. The topological polar surface area (TPSA) is 54.2 Å². The van der Waals surface area contributed by atoms with Crippen molar-refractivity contribution in [2.75, 3.05) is 7.11 Å². The number of rotatable bonds is 3. The quantitative estimate of drug-likeness (QED) is 0.444. The molecular formula is C11H20N2O2. The van der Waals surface area contributed by atoms with Crippen LogP contribution in [0.5, 0.6) is 0 Å². The molecule has 0 aromatic rings. The smallest absolute Gasteiger partial charge is 0.107 e. The highest BCUT2D eigenvalue weighted by molar-refractivity contribution is 6.41. The van der Waals surface area contributed by atoms with Crippen LogP contribution < -0.4 is 0 Å². The average Bonchev–Trinajstić information content (AvgIpc) is 2.26. The normalized spacial score (nSPS) is 29.0. The third kappa shape index (κ3) is 3.22. The van der Waals surface area contributed by atoms with Crippen molar-refractivity contribution < 1.29 is 10.0 Å². The van der Waals surface area contributed by atoms with Crippen LogP contribution in [0.3, 0.4) is 0 Å². The van der Waals surface area contributed by atoms with E-state index in [9.17, 15) is 0 Å². The largest absolute Gasteiger partial charge is 0.411 e. The monoisotopic (exact) mass is 212 g/mol. The lowest BCUT2D eigenvalue weighted by molar-refractivity contribution is 0.209. The molecule has 0 radical (unpaired) electrons. The zero-order valence-electron chi connectivity index (χ0n) is 9.73. The van der Waals surface area contributed by atoms with Crippen molar-refractivity contribution >= 4 is 11.4 Å². The lowest BCUT2D eigenvalue weighted by Gasteiger charge is -2.26. The summed E-state index contributed by atoms with van der Waals surface area (Å²) >= 11 is 0. The second kappa shape index (κ2) is 5.73. The molecule has 1 fully saturated rings. The molecule has 4 heteroatoms. The summed E-state index contributed by atoms with van der Waals surface area (Å²) in [5.41, 5.74) is 1.36. The molecule has 0 atom stereocenters. The minimum Gasteiger partial charge on any atom is -0.411 e. The summed E-state index contributed by atoms with van der Waals surface area (Å²) in [6.07, 6.45) is 4.64. The Morgan fingerprint density at radius 2 is 1.87 bits per heavy atom. The Bertz CT molecular complexity index is 253. The number of oxime groups is 2. The van der Waals surface area contributed by atoms with Crippen molar-refractivity contribution in [2.45, 2.75) is 39.5 Å². The number of hydrogen-bond donors (Lipinski definition) is 1. The van der Waals surface area contributed by atoms with Crippen molar-refractivity contribution in [1.29, 1.82) is 0 Å². The molecule has 86 valence electrons. The summed E-state index contributed by atoms with van der Waals surface area (Å²) in [7, 11) is 1.52. The maximum absolute atomic E-state index is 8.77. The van der Waals surface area contributed by atoms with Gasteiger partial charge in [0.2, 0.25) is 0 Å². The van der Waals surface area contributed by atoms with E-state index in [1.54, 1.807) is 6.92 Å². The second-order valence-corrected chi connectivity index (χ2v) is 4.30. The molecule has 1 saturated carbocycles. The zero-order valence-corrected chi connectivity index (χ0v) is 9.73. The van der Waals surface area contributed by atoms with Gasteiger partial charge in [0.15, 0.2) is 0 Å². The fraction of sp³-hybridized carbons (Fsp3) is 0.818. The van der Waals surface area contributed by atoms with Crippen molar-refractivity contribution in [2.24, 2.45) is 22.1 Å². The van der Waals surface area contributed by atoms with E-state index >= 15 is 0 Å². The van der Waals surface area contributed by atoms with Crippen LogP contribution in [-0.2, 0) is 4.84 Å². The Morgan fingerprint density at radius 1 is 1.27 bits per heavy atom. The van der Waals surface area contributed by atoms with Gasteiger partial charge in [-0.25, -0.2) is 0 Å². The molecule has 1 N–H and O–H groups in total. The Labute approximate surface area is 91.0 Å². The Kier molecular flexibility index (Phi) is 4.59. The van der Waals surface area contributed by atoms with Gasteiger partial charge >= 0.3 is 0 Å². The van der Waals surface area contributed by atoms with E-state index in [2.05, 4.69) is 17.2 Å². The van der Waals surface area contributed by atoms with E-state index in [0.29, 0.717) is 11.6 Å². The van der Waals surface area contributed by atoms with Crippen LogP contribution in [0.25, 0.3) is 0 Å². The molecule has 4 nitrogen and oxygen atoms in total. The summed E-state index contributed by atoms with van der Waals surface area (Å²) in [4.78, 5) is 4.80. The van der Waals surface area contributed by atoms with Crippen LogP contribution in [0.15, 0.2) is 10.3 Å². The molecule has 0 bridgehead atoms. The summed E-state index contributed by atoms with van der Waals surface area (Å²) in [5, 5.41) is 15.9. The molecule has 0 heterocycles. The van der Waals surface area contributed by atoms with E-state index < -0.39 is 0 Å². The van der Waals surface area contributed by atoms with E-state index in [1.807, 2.05) is 0 Å². The van der Waals surface area contributed by atoms with Crippen molar-refractivity contribution in [3.63, 3.8) is 0 Å². The molecule has 1 aliphatic carbocycles. The van der Waals surface area contributed by atoms with E-state index in [4.69, 9.17) is 10.0 Å². The maximum atomic E-state index is 8.77. The van der Waals surface area contributed by atoms with Gasteiger partial charge in [-0.3, -0.25) is 0 Å². The molecule has 0 unspecified atom stereocenters. The summed E-state index contributed by atoms with van der Waals surface area (Å²) in [6, 6.07) is 0. The molecular weight excluding hydrogens is 192 g/mol. The van der Waals surface area contributed by atoms with E-state index in [0.717, 1.165) is 24.5 Å². The highest BCUT2D eigenvalue weighted by Gasteiger charge is 2.25. The molecule has 15 heavy (non-hydrogen) atoms. The van der Waals surface area contributed by atoms with Crippen molar-refractivity contribution in [1.82, 2.24) is 0 Å². The predicted octanol–water partition coefficient (Wildman–Crippen LogP) is 2.67. The third-order valence-electron chi connectivity index (χ3n) is 3.11. The van der Waals surface area contributed by atoms with Gasteiger partial charge in [-0.2, -0.15) is 0 Å². The van der Waals surface area contributed by atoms with Gasteiger partial charge in [-0.05, 0) is 25.7 Å². The van der Waals surface area contributed by atoms with Crippen LogP contribution in [0.1, 0.15) is 39.5 Å². The molecule has 1 aliphatic rings. The Hall–Kier alpha value is -1.06. The minimum absolute atomic E-state index is 0.386. The molecule has 0 aromatic heterocycles. The van der Waals surface area contributed by atoms with Gasteiger partial charge in [0, 0.05) is 5.92 Å². The maximum Gasteiger partial charge on any atom is 0.107 e. The third-order valence-corrected chi connectivity index (χ3v) is 3.11. The number of hydrogen-bond acceptors (Lipinski definition) is 4. The molecule has 0 amide bonds. The summed E-state index contributed by atoms with van der Waals surface area (Å²) in [5.74, 6) is 1.19. The first kappa shape index (κ1) is 12.0. The van der Waals surface area contributed by atoms with E-state index in [-0.39, 0.29) is 0 Å².